The average Bonchev–Trinajstić information content (AvgIpc) is 2.14. The van der Waals surface area contributed by atoms with Crippen LogP contribution in [0.2, 0.25) is 0 Å². The molecule has 13 heavy (non-hydrogen) atoms. The van der Waals surface area contributed by atoms with E-state index in [-0.39, 0.29) is 12.2 Å². The molecule has 76 valence electrons. The summed E-state index contributed by atoms with van der Waals surface area (Å²) in [6.07, 6.45) is 3.02. The van der Waals surface area contributed by atoms with E-state index in [0.29, 0.717) is 6.42 Å². The first-order valence-corrected chi connectivity index (χ1v) is 4.86. The molecular formula is C11H20O2. The van der Waals surface area contributed by atoms with Crippen molar-refractivity contribution in [3.63, 3.8) is 0 Å². The molecule has 0 amide bonds. The summed E-state index contributed by atoms with van der Waals surface area (Å²) in [5, 5.41) is 9.67. The van der Waals surface area contributed by atoms with Crippen LogP contribution < -0.4 is 0 Å². The lowest BCUT2D eigenvalue weighted by Gasteiger charge is -2.20. The second-order valence-electron chi connectivity index (χ2n) is 3.10. The molecule has 0 saturated heterocycles. The third-order valence-electron chi connectivity index (χ3n) is 2.05. The molecule has 0 aliphatic rings. The van der Waals surface area contributed by atoms with Gasteiger partial charge in [-0.2, -0.15) is 0 Å². The Kier molecular flexibility index (Phi) is 7.77. The van der Waals surface area contributed by atoms with Crippen LogP contribution in [0.4, 0.5) is 0 Å². The molecular weight excluding hydrogens is 164 g/mol. The Balaban J connectivity index is 3.73. The van der Waals surface area contributed by atoms with E-state index in [9.17, 15) is 5.11 Å². The van der Waals surface area contributed by atoms with Crippen molar-refractivity contribution in [2.24, 2.45) is 0 Å². The fourth-order valence-corrected chi connectivity index (χ4v) is 1.28. The second kappa shape index (κ2) is 8.10. The number of aliphatic hydroxyl groups is 1. The first kappa shape index (κ1) is 12.5. The van der Waals surface area contributed by atoms with Gasteiger partial charge in [-0.3, -0.25) is 0 Å². The minimum atomic E-state index is -0.370. The van der Waals surface area contributed by atoms with Crippen LogP contribution in [-0.4, -0.2) is 24.4 Å². The molecule has 0 aromatic rings. The van der Waals surface area contributed by atoms with E-state index in [2.05, 4.69) is 18.8 Å². The molecule has 2 unspecified atom stereocenters. The van der Waals surface area contributed by atoms with Gasteiger partial charge in [0.05, 0.1) is 12.2 Å². The highest BCUT2D eigenvalue weighted by Gasteiger charge is 2.16. The molecule has 2 heteroatoms. The Bertz CT molecular complexity index is 167. The number of rotatable bonds is 6. The van der Waals surface area contributed by atoms with Crippen LogP contribution in [0.5, 0.6) is 0 Å². The van der Waals surface area contributed by atoms with E-state index in [1.807, 2.05) is 6.92 Å². The fraction of sp³-hybridized carbons (Fsp3) is 0.818. The van der Waals surface area contributed by atoms with E-state index < -0.39 is 0 Å². The molecule has 0 rings (SSSR count). The number of aliphatic hydroxyl groups excluding tert-OH is 1. The standard InChI is InChI=1S/C11H20O2/c1-4-6-7-9-10(12)11(13-3)8-5-2/h10-12H,5,7-9H2,1-3H3. The number of hydrogen-bond acceptors (Lipinski definition) is 2. The normalized spacial score (nSPS) is 14.5. The number of hydrogen-bond donors (Lipinski definition) is 1. The topological polar surface area (TPSA) is 29.5 Å². The van der Waals surface area contributed by atoms with Crippen molar-refractivity contribution in [2.45, 2.75) is 51.7 Å². The Hall–Kier alpha value is -0.520. The van der Waals surface area contributed by atoms with Gasteiger partial charge in [-0.15, -0.1) is 11.8 Å². The van der Waals surface area contributed by atoms with Crippen molar-refractivity contribution >= 4 is 0 Å². The van der Waals surface area contributed by atoms with Gasteiger partial charge < -0.3 is 9.84 Å². The third-order valence-corrected chi connectivity index (χ3v) is 2.05. The molecule has 0 aliphatic carbocycles. The molecule has 0 fully saturated rings. The molecule has 2 atom stereocenters. The monoisotopic (exact) mass is 184 g/mol. The fourth-order valence-electron chi connectivity index (χ4n) is 1.28. The molecule has 1 N–H and O–H groups in total. The van der Waals surface area contributed by atoms with Crippen LogP contribution in [0.25, 0.3) is 0 Å². The Morgan fingerprint density at radius 3 is 2.54 bits per heavy atom. The molecule has 0 radical (unpaired) electrons. The summed E-state index contributed by atoms with van der Waals surface area (Å²) in [6.45, 7) is 3.90. The summed E-state index contributed by atoms with van der Waals surface area (Å²) in [6, 6.07) is 0. The molecule has 0 bridgehead atoms. The molecule has 2 nitrogen and oxygen atoms in total. The van der Waals surface area contributed by atoms with Gasteiger partial charge in [0, 0.05) is 13.5 Å². The number of ether oxygens (including phenoxy) is 1. The second-order valence-corrected chi connectivity index (χ2v) is 3.10. The lowest BCUT2D eigenvalue weighted by Crippen LogP contribution is -2.27. The van der Waals surface area contributed by atoms with Crippen molar-refractivity contribution < 1.29 is 9.84 Å². The molecule has 0 heterocycles. The summed E-state index contributed by atoms with van der Waals surface area (Å²) in [5.41, 5.74) is 0. The van der Waals surface area contributed by atoms with Crippen LogP contribution in [0.1, 0.15) is 39.5 Å². The van der Waals surface area contributed by atoms with Crippen LogP contribution in [0.3, 0.4) is 0 Å². The first-order chi connectivity index (χ1) is 6.26. The highest BCUT2D eigenvalue weighted by Crippen LogP contribution is 2.10. The summed E-state index contributed by atoms with van der Waals surface area (Å²) in [4.78, 5) is 0. The van der Waals surface area contributed by atoms with Crippen molar-refractivity contribution in [2.75, 3.05) is 7.11 Å². The van der Waals surface area contributed by atoms with E-state index in [4.69, 9.17) is 4.74 Å². The highest BCUT2D eigenvalue weighted by atomic mass is 16.5. The molecule has 0 aliphatic heterocycles. The lowest BCUT2D eigenvalue weighted by molar-refractivity contribution is -0.0194. The minimum Gasteiger partial charge on any atom is -0.390 e. The summed E-state index contributed by atoms with van der Waals surface area (Å²) < 4.78 is 5.19. The van der Waals surface area contributed by atoms with Gasteiger partial charge in [-0.1, -0.05) is 13.3 Å². The van der Waals surface area contributed by atoms with Crippen LogP contribution in [-0.2, 0) is 4.74 Å². The quantitative estimate of drug-likeness (QED) is 0.639. The van der Waals surface area contributed by atoms with Gasteiger partial charge in [0.15, 0.2) is 0 Å². The van der Waals surface area contributed by atoms with Crippen LogP contribution in [0, 0.1) is 11.8 Å². The summed E-state index contributed by atoms with van der Waals surface area (Å²) >= 11 is 0. The van der Waals surface area contributed by atoms with Crippen LogP contribution >= 0.6 is 0 Å². The smallest absolute Gasteiger partial charge is 0.0830 e. The van der Waals surface area contributed by atoms with Crippen molar-refractivity contribution in [1.29, 1.82) is 0 Å². The third kappa shape index (κ3) is 5.68. The van der Waals surface area contributed by atoms with E-state index in [0.717, 1.165) is 19.3 Å². The van der Waals surface area contributed by atoms with Gasteiger partial charge in [-0.05, 0) is 19.8 Å². The van der Waals surface area contributed by atoms with Gasteiger partial charge in [0.25, 0.3) is 0 Å². The van der Waals surface area contributed by atoms with Gasteiger partial charge in [-0.25, -0.2) is 0 Å². The molecule has 0 saturated carbocycles. The largest absolute Gasteiger partial charge is 0.390 e. The zero-order valence-electron chi connectivity index (χ0n) is 8.84. The molecule has 0 aromatic heterocycles. The summed E-state index contributed by atoms with van der Waals surface area (Å²) in [7, 11) is 1.65. The van der Waals surface area contributed by atoms with Crippen molar-refractivity contribution in [1.82, 2.24) is 0 Å². The summed E-state index contributed by atoms with van der Waals surface area (Å²) in [5.74, 6) is 5.74. The zero-order chi connectivity index (χ0) is 10.1. The maximum Gasteiger partial charge on any atom is 0.0830 e. The van der Waals surface area contributed by atoms with Gasteiger partial charge in [0.1, 0.15) is 0 Å². The lowest BCUT2D eigenvalue weighted by atomic mass is 10.0. The average molecular weight is 184 g/mol. The Morgan fingerprint density at radius 1 is 1.38 bits per heavy atom. The minimum absolute atomic E-state index is 0.0244. The SMILES string of the molecule is CC#CCCC(O)C(CCC)OC. The first-order valence-electron chi connectivity index (χ1n) is 4.86. The Morgan fingerprint density at radius 2 is 2.08 bits per heavy atom. The Labute approximate surface area is 81.3 Å². The highest BCUT2D eigenvalue weighted by molar-refractivity contribution is 4.95. The predicted octanol–water partition coefficient (Wildman–Crippen LogP) is 1.97. The maximum absolute atomic E-state index is 9.67. The van der Waals surface area contributed by atoms with Crippen molar-refractivity contribution in [3.05, 3.63) is 0 Å². The van der Waals surface area contributed by atoms with Gasteiger partial charge in [0.2, 0.25) is 0 Å². The number of methoxy groups -OCH3 is 1. The van der Waals surface area contributed by atoms with E-state index in [1.165, 1.54) is 0 Å². The van der Waals surface area contributed by atoms with Crippen LogP contribution in [0.15, 0.2) is 0 Å². The van der Waals surface area contributed by atoms with E-state index in [1.54, 1.807) is 7.11 Å². The molecule has 0 spiro atoms. The van der Waals surface area contributed by atoms with Gasteiger partial charge >= 0.3 is 0 Å². The van der Waals surface area contributed by atoms with Crippen molar-refractivity contribution in [3.8, 4) is 11.8 Å². The molecule has 0 aromatic carbocycles. The maximum atomic E-state index is 9.67. The predicted molar refractivity (Wildman–Crippen MR) is 54.4 cm³/mol. The zero-order valence-corrected chi connectivity index (χ0v) is 8.84. The van der Waals surface area contributed by atoms with E-state index >= 15 is 0 Å².